The zero-order chi connectivity index (χ0) is 26.6. The zero-order valence-electron chi connectivity index (χ0n) is 20.4. The minimum atomic E-state index is -3.64. The minimum absolute atomic E-state index is 0.0438. The van der Waals surface area contributed by atoms with Gasteiger partial charge in [0.05, 0.1) is 23.4 Å². The summed E-state index contributed by atoms with van der Waals surface area (Å²) in [7, 11) is -2.09. The second kappa shape index (κ2) is 11.6. The summed E-state index contributed by atoms with van der Waals surface area (Å²) in [5, 5.41) is 2.82. The van der Waals surface area contributed by atoms with Crippen LogP contribution < -0.4 is 15.6 Å². The number of methoxy groups -OCH3 is 1. The number of aryl methyl sites for hydroxylation is 1. The number of hydrogen-bond donors (Lipinski definition) is 2. The molecule has 2 heterocycles. The average Bonchev–Trinajstić information content (AvgIpc) is 3.39. The molecular weight excluding hydrogens is 536 g/mol. The number of carbonyl (C=O) groups excluding carboxylic acids is 2. The first-order valence-electron chi connectivity index (χ1n) is 11.6. The van der Waals surface area contributed by atoms with Crippen LogP contribution in [0.3, 0.4) is 0 Å². The van der Waals surface area contributed by atoms with E-state index in [9.17, 15) is 18.0 Å². The molecule has 196 valence electrons. The second-order valence-electron chi connectivity index (χ2n) is 8.69. The summed E-state index contributed by atoms with van der Waals surface area (Å²) in [6.07, 6.45) is 1.26. The van der Waals surface area contributed by atoms with Crippen LogP contribution in [0, 0.1) is 6.92 Å². The van der Waals surface area contributed by atoms with E-state index in [0.29, 0.717) is 36.7 Å². The van der Waals surface area contributed by atoms with Crippen LogP contribution in [0.25, 0.3) is 0 Å². The number of nitrogens with zero attached hydrogens (tertiary/aromatic N) is 2. The number of piperidine rings is 1. The largest absolute Gasteiger partial charge is 0.497 e. The lowest BCUT2D eigenvalue weighted by atomic mass is 9.99. The van der Waals surface area contributed by atoms with E-state index in [4.69, 9.17) is 16.3 Å². The summed E-state index contributed by atoms with van der Waals surface area (Å²) < 4.78 is 32.7. The predicted octanol–water partition coefficient (Wildman–Crippen LogP) is 3.69. The van der Waals surface area contributed by atoms with Gasteiger partial charge >= 0.3 is 0 Å². The van der Waals surface area contributed by atoms with E-state index in [1.54, 1.807) is 48.9 Å². The summed E-state index contributed by atoms with van der Waals surface area (Å²) in [5.41, 5.74) is 6.57. The van der Waals surface area contributed by atoms with E-state index in [-0.39, 0.29) is 28.8 Å². The normalized spacial score (nSPS) is 14.8. The lowest BCUT2D eigenvalue weighted by molar-refractivity contribution is -0.121. The topological polar surface area (TPSA) is 118 Å². The first-order chi connectivity index (χ1) is 17.7. The lowest BCUT2D eigenvalue weighted by Crippen LogP contribution is -2.42. The maximum Gasteiger partial charge on any atom is 0.289 e. The second-order valence-corrected chi connectivity index (χ2v) is 11.9. The molecule has 1 aromatic heterocycles. The van der Waals surface area contributed by atoms with Crippen LogP contribution in [0.15, 0.2) is 52.7 Å². The molecule has 3 aromatic rings. The fraction of sp³-hybridized carbons (Fsp3) is 0.320. The maximum absolute atomic E-state index is 13.0. The number of thiazole rings is 1. The van der Waals surface area contributed by atoms with Gasteiger partial charge in [-0.25, -0.2) is 13.4 Å². The van der Waals surface area contributed by atoms with Gasteiger partial charge in [-0.05, 0) is 55.2 Å². The van der Waals surface area contributed by atoms with Crippen molar-refractivity contribution in [3.63, 3.8) is 0 Å². The average molecular weight is 563 g/mol. The van der Waals surface area contributed by atoms with E-state index >= 15 is 0 Å². The van der Waals surface area contributed by atoms with Gasteiger partial charge in [-0.2, -0.15) is 4.31 Å². The van der Waals surface area contributed by atoms with E-state index in [1.165, 1.54) is 21.7 Å². The van der Waals surface area contributed by atoms with Crippen molar-refractivity contribution in [2.24, 2.45) is 0 Å². The van der Waals surface area contributed by atoms with Gasteiger partial charge in [-0.1, -0.05) is 29.8 Å². The minimum Gasteiger partial charge on any atom is -0.497 e. The van der Waals surface area contributed by atoms with E-state index < -0.39 is 15.9 Å². The van der Waals surface area contributed by atoms with Gasteiger partial charge in [-0.3, -0.25) is 20.4 Å². The Hall–Kier alpha value is -2.99. The van der Waals surface area contributed by atoms with Crippen molar-refractivity contribution >= 4 is 44.8 Å². The molecule has 0 bridgehead atoms. The van der Waals surface area contributed by atoms with Crippen molar-refractivity contribution in [1.82, 2.24) is 20.1 Å². The van der Waals surface area contributed by atoms with Crippen molar-refractivity contribution in [2.75, 3.05) is 20.2 Å². The number of benzene rings is 2. The molecule has 2 N–H and O–H groups in total. The molecule has 37 heavy (non-hydrogen) atoms. The van der Waals surface area contributed by atoms with Crippen LogP contribution in [-0.2, 0) is 21.2 Å². The third kappa shape index (κ3) is 6.48. The van der Waals surface area contributed by atoms with Gasteiger partial charge in [-0.15, -0.1) is 11.3 Å². The number of amides is 2. The quantitative estimate of drug-likeness (QED) is 0.424. The number of hydrogen-bond acceptors (Lipinski definition) is 7. The Bertz CT molecular complexity index is 1400. The van der Waals surface area contributed by atoms with Gasteiger partial charge in [0.25, 0.3) is 5.91 Å². The Balaban J connectivity index is 1.29. The van der Waals surface area contributed by atoms with Crippen LogP contribution in [0.5, 0.6) is 5.75 Å². The molecule has 0 saturated carbocycles. The Kier molecular flexibility index (Phi) is 8.48. The highest BCUT2D eigenvalue weighted by molar-refractivity contribution is 7.89. The number of nitrogens with one attached hydrogen (secondary N) is 2. The van der Waals surface area contributed by atoms with Gasteiger partial charge in [0, 0.05) is 29.4 Å². The molecule has 0 spiro atoms. The van der Waals surface area contributed by atoms with Crippen molar-refractivity contribution < 1.29 is 22.7 Å². The van der Waals surface area contributed by atoms with Crippen LogP contribution in [0.4, 0.5) is 0 Å². The fourth-order valence-corrected chi connectivity index (χ4v) is 6.72. The smallest absolute Gasteiger partial charge is 0.289 e. The summed E-state index contributed by atoms with van der Waals surface area (Å²) in [6.45, 7) is 2.52. The van der Waals surface area contributed by atoms with Crippen molar-refractivity contribution in [1.29, 1.82) is 0 Å². The molecule has 12 heteroatoms. The summed E-state index contributed by atoms with van der Waals surface area (Å²) >= 11 is 7.48. The van der Waals surface area contributed by atoms with Crippen molar-refractivity contribution in [2.45, 2.75) is 37.0 Å². The first-order valence-corrected chi connectivity index (χ1v) is 14.3. The molecule has 0 unspecified atom stereocenters. The van der Waals surface area contributed by atoms with E-state index in [2.05, 4.69) is 15.8 Å². The number of aromatic nitrogens is 1. The number of hydrazine groups is 1. The van der Waals surface area contributed by atoms with E-state index in [0.717, 1.165) is 16.1 Å². The standard InChI is InChI=1S/C25H27ClN4O5S2/c1-16-6-7-20(14-21(16)26)37(33,34)30-10-8-18(9-11-30)25-27-22(15-36-25)24(32)29-28-23(31)13-17-4-3-5-19(12-17)35-2/h3-7,12,14-15,18H,8-11,13H2,1-2H3,(H,28,31)(H,29,32). The highest BCUT2D eigenvalue weighted by atomic mass is 35.5. The van der Waals surface area contributed by atoms with Crippen LogP contribution in [0.1, 0.15) is 45.4 Å². The Morgan fingerprint density at radius 1 is 1.16 bits per heavy atom. The molecule has 0 atom stereocenters. The van der Waals surface area contributed by atoms with Gasteiger partial charge in [0.1, 0.15) is 11.4 Å². The molecule has 4 rings (SSSR count). The number of rotatable bonds is 7. The van der Waals surface area contributed by atoms with Crippen molar-refractivity contribution in [3.05, 3.63) is 74.7 Å². The number of ether oxygens (including phenoxy) is 1. The molecule has 1 fully saturated rings. The number of carbonyl (C=O) groups is 2. The van der Waals surface area contributed by atoms with Crippen LogP contribution >= 0.6 is 22.9 Å². The van der Waals surface area contributed by atoms with Crippen LogP contribution in [0.2, 0.25) is 5.02 Å². The molecule has 2 amide bonds. The maximum atomic E-state index is 13.0. The van der Waals surface area contributed by atoms with Gasteiger partial charge in [0.15, 0.2) is 0 Å². The molecular formula is C25H27ClN4O5S2. The Morgan fingerprint density at radius 3 is 2.62 bits per heavy atom. The van der Waals surface area contributed by atoms with Crippen molar-refractivity contribution in [3.8, 4) is 5.75 Å². The molecule has 1 saturated heterocycles. The third-order valence-electron chi connectivity index (χ3n) is 6.15. The van der Waals surface area contributed by atoms with E-state index in [1.807, 2.05) is 6.92 Å². The zero-order valence-corrected chi connectivity index (χ0v) is 22.8. The predicted molar refractivity (Wildman–Crippen MR) is 141 cm³/mol. The Labute approximate surface area is 224 Å². The summed E-state index contributed by atoms with van der Waals surface area (Å²) in [6, 6.07) is 11.9. The highest BCUT2D eigenvalue weighted by Crippen LogP contribution is 2.33. The molecule has 0 aliphatic carbocycles. The molecule has 2 aromatic carbocycles. The fourth-order valence-electron chi connectivity index (χ4n) is 4.01. The highest BCUT2D eigenvalue weighted by Gasteiger charge is 2.31. The van der Waals surface area contributed by atoms with Gasteiger partial charge in [0.2, 0.25) is 15.9 Å². The molecule has 9 nitrogen and oxygen atoms in total. The summed E-state index contributed by atoms with van der Waals surface area (Å²) in [4.78, 5) is 29.3. The summed E-state index contributed by atoms with van der Waals surface area (Å²) in [5.74, 6) is -0.201. The molecule has 1 aliphatic heterocycles. The SMILES string of the molecule is COc1cccc(CC(=O)NNC(=O)c2csc(C3CCN(S(=O)(=O)c4ccc(C)c(Cl)c4)CC3)n2)c1. The number of halogens is 1. The molecule has 1 aliphatic rings. The number of sulfonamides is 1. The third-order valence-corrected chi connectivity index (χ3v) is 9.46. The van der Waals surface area contributed by atoms with Crippen LogP contribution in [-0.4, -0.2) is 49.7 Å². The van der Waals surface area contributed by atoms with Gasteiger partial charge < -0.3 is 4.74 Å². The Morgan fingerprint density at radius 2 is 1.92 bits per heavy atom. The molecule has 0 radical (unpaired) electrons. The monoisotopic (exact) mass is 562 g/mol. The lowest BCUT2D eigenvalue weighted by Gasteiger charge is -2.30. The first kappa shape index (κ1) is 27.1.